The van der Waals surface area contributed by atoms with Crippen LogP contribution < -0.4 is 10.1 Å². The third-order valence-electron chi connectivity index (χ3n) is 3.96. The first kappa shape index (κ1) is 14.4. The molecule has 3 heteroatoms. The lowest BCUT2D eigenvalue weighted by Crippen LogP contribution is -2.36. The molecule has 0 bridgehead atoms. The van der Waals surface area contributed by atoms with Gasteiger partial charge in [0.25, 0.3) is 0 Å². The third-order valence-corrected chi connectivity index (χ3v) is 3.96. The summed E-state index contributed by atoms with van der Waals surface area (Å²) in [7, 11) is 3.54. The predicted molar refractivity (Wildman–Crippen MR) is 77.7 cm³/mol. The standard InChI is InChI=1S/C16H25NO2/c1-12(17-14-8-9-15(11-14)18-2)10-13-6-4-5-7-16(13)19-3/h4-7,12,14-15,17H,8-11H2,1-3H3. The number of para-hydroxylation sites is 1. The Bertz CT molecular complexity index is 394. The molecule has 0 radical (unpaired) electrons. The minimum absolute atomic E-state index is 0.441. The Kier molecular flexibility index (Phi) is 5.23. The Morgan fingerprint density at radius 1 is 1.26 bits per heavy atom. The number of hydrogen-bond donors (Lipinski definition) is 1. The van der Waals surface area contributed by atoms with Crippen molar-refractivity contribution in [2.75, 3.05) is 14.2 Å². The fourth-order valence-corrected chi connectivity index (χ4v) is 2.97. The molecule has 0 saturated heterocycles. The number of nitrogens with one attached hydrogen (secondary N) is 1. The van der Waals surface area contributed by atoms with Gasteiger partial charge in [-0.2, -0.15) is 0 Å². The third kappa shape index (κ3) is 3.95. The van der Waals surface area contributed by atoms with Gasteiger partial charge in [-0.1, -0.05) is 18.2 Å². The molecule has 19 heavy (non-hydrogen) atoms. The molecule has 0 spiro atoms. The van der Waals surface area contributed by atoms with Gasteiger partial charge in [0.2, 0.25) is 0 Å². The van der Waals surface area contributed by atoms with Crippen molar-refractivity contribution >= 4 is 0 Å². The lowest BCUT2D eigenvalue weighted by Gasteiger charge is -2.20. The van der Waals surface area contributed by atoms with Crippen LogP contribution in [0.3, 0.4) is 0 Å². The zero-order valence-electron chi connectivity index (χ0n) is 12.2. The van der Waals surface area contributed by atoms with E-state index in [9.17, 15) is 0 Å². The van der Waals surface area contributed by atoms with Crippen molar-refractivity contribution in [3.05, 3.63) is 29.8 Å². The molecule has 106 valence electrons. The number of hydrogen-bond acceptors (Lipinski definition) is 3. The largest absolute Gasteiger partial charge is 0.496 e. The zero-order chi connectivity index (χ0) is 13.7. The Labute approximate surface area is 116 Å². The van der Waals surface area contributed by atoms with Gasteiger partial charge in [-0.15, -0.1) is 0 Å². The first-order valence-electron chi connectivity index (χ1n) is 7.13. The maximum atomic E-state index is 5.42. The molecule has 1 N–H and O–H groups in total. The second-order valence-corrected chi connectivity index (χ2v) is 5.45. The Morgan fingerprint density at radius 3 is 2.74 bits per heavy atom. The van der Waals surface area contributed by atoms with Crippen LogP contribution in [-0.2, 0) is 11.2 Å². The van der Waals surface area contributed by atoms with E-state index in [4.69, 9.17) is 9.47 Å². The van der Waals surface area contributed by atoms with Crippen molar-refractivity contribution < 1.29 is 9.47 Å². The molecule has 1 aliphatic rings. The van der Waals surface area contributed by atoms with E-state index in [0.29, 0.717) is 18.2 Å². The first-order valence-corrected chi connectivity index (χ1v) is 7.13. The second-order valence-electron chi connectivity index (χ2n) is 5.45. The lowest BCUT2D eigenvalue weighted by molar-refractivity contribution is 0.106. The summed E-state index contributed by atoms with van der Waals surface area (Å²) in [5.41, 5.74) is 1.27. The molecule has 3 unspecified atom stereocenters. The van der Waals surface area contributed by atoms with Crippen LogP contribution in [0.2, 0.25) is 0 Å². The second kappa shape index (κ2) is 6.92. The van der Waals surface area contributed by atoms with Crippen LogP contribution in [0.15, 0.2) is 24.3 Å². The van der Waals surface area contributed by atoms with Gasteiger partial charge in [0, 0.05) is 19.2 Å². The van der Waals surface area contributed by atoms with E-state index in [-0.39, 0.29) is 0 Å². The van der Waals surface area contributed by atoms with E-state index < -0.39 is 0 Å². The highest BCUT2D eigenvalue weighted by atomic mass is 16.5. The molecule has 1 fully saturated rings. The van der Waals surface area contributed by atoms with Crippen LogP contribution in [0.1, 0.15) is 31.7 Å². The Hall–Kier alpha value is -1.06. The quantitative estimate of drug-likeness (QED) is 0.856. The predicted octanol–water partition coefficient (Wildman–Crippen LogP) is 2.78. The zero-order valence-corrected chi connectivity index (χ0v) is 12.2. The maximum absolute atomic E-state index is 5.42. The number of ether oxygens (including phenoxy) is 2. The Morgan fingerprint density at radius 2 is 2.05 bits per heavy atom. The van der Waals surface area contributed by atoms with Crippen LogP contribution in [0.25, 0.3) is 0 Å². The number of benzene rings is 1. The van der Waals surface area contributed by atoms with Crippen molar-refractivity contribution in [2.45, 2.75) is 50.8 Å². The van der Waals surface area contributed by atoms with Crippen molar-refractivity contribution in [1.82, 2.24) is 5.32 Å². The minimum Gasteiger partial charge on any atom is -0.496 e. The molecule has 1 aromatic rings. The van der Waals surface area contributed by atoms with Crippen molar-refractivity contribution in [3.8, 4) is 5.75 Å². The van der Waals surface area contributed by atoms with E-state index in [1.807, 2.05) is 19.2 Å². The maximum Gasteiger partial charge on any atom is 0.122 e. The lowest BCUT2D eigenvalue weighted by atomic mass is 10.0. The molecule has 3 atom stereocenters. The van der Waals surface area contributed by atoms with Crippen molar-refractivity contribution in [1.29, 1.82) is 0 Å². The van der Waals surface area contributed by atoms with Gasteiger partial charge < -0.3 is 14.8 Å². The highest BCUT2D eigenvalue weighted by Gasteiger charge is 2.25. The van der Waals surface area contributed by atoms with Crippen molar-refractivity contribution in [3.63, 3.8) is 0 Å². The van der Waals surface area contributed by atoms with Crippen molar-refractivity contribution in [2.24, 2.45) is 0 Å². The summed E-state index contributed by atoms with van der Waals surface area (Å²) in [6.07, 6.45) is 4.96. The van der Waals surface area contributed by atoms with E-state index in [2.05, 4.69) is 24.4 Å². The first-order chi connectivity index (χ1) is 9.22. The number of methoxy groups -OCH3 is 2. The molecule has 1 aliphatic carbocycles. The normalized spacial score (nSPS) is 24.4. The number of rotatable bonds is 6. The van der Waals surface area contributed by atoms with Crippen LogP contribution in [-0.4, -0.2) is 32.4 Å². The Balaban J connectivity index is 1.85. The summed E-state index contributed by atoms with van der Waals surface area (Å²) >= 11 is 0. The molecule has 1 aromatic carbocycles. The van der Waals surface area contributed by atoms with Crippen LogP contribution in [0.5, 0.6) is 5.75 Å². The summed E-state index contributed by atoms with van der Waals surface area (Å²) in [5.74, 6) is 0.984. The molecule has 0 aromatic heterocycles. The molecule has 3 nitrogen and oxygen atoms in total. The van der Waals surface area contributed by atoms with E-state index >= 15 is 0 Å². The summed E-state index contributed by atoms with van der Waals surface area (Å²) in [6, 6.07) is 9.30. The highest BCUT2D eigenvalue weighted by Crippen LogP contribution is 2.23. The van der Waals surface area contributed by atoms with Crippen LogP contribution in [0, 0.1) is 0 Å². The van der Waals surface area contributed by atoms with Gasteiger partial charge >= 0.3 is 0 Å². The summed E-state index contributed by atoms with van der Waals surface area (Å²) in [5, 5.41) is 3.71. The van der Waals surface area contributed by atoms with Crippen LogP contribution in [0.4, 0.5) is 0 Å². The van der Waals surface area contributed by atoms with Gasteiger partial charge in [0.05, 0.1) is 13.2 Å². The van der Waals surface area contributed by atoms with Gasteiger partial charge in [0.1, 0.15) is 5.75 Å². The highest BCUT2D eigenvalue weighted by molar-refractivity contribution is 5.33. The molecule has 0 amide bonds. The van der Waals surface area contributed by atoms with Gasteiger partial charge in [-0.3, -0.25) is 0 Å². The molecule has 2 rings (SSSR count). The van der Waals surface area contributed by atoms with Gasteiger partial charge in [-0.25, -0.2) is 0 Å². The molecular formula is C16H25NO2. The SMILES string of the molecule is COc1ccccc1CC(C)NC1CCC(OC)C1. The summed E-state index contributed by atoms with van der Waals surface area (Å²) in [4.78, 5) is 0. The topological polar surface area (TPSA) is 30.5 Å². The summed E-state index contributed by atoms with van der Waals surface area (Å²) in [6.45, 7) is 2.24. The summed E-state index contributed by atoms with van der Waals surface area (Å²) < 4.78 is 10.8. The smallest absolute Gasteiger partial charge is 0.122 e. The monoisotopic (exact) mass is 263 g/mol. The fourth-order valence-electron chi connectivity index (χ4n) is 2.97. The van der Waals surface area contributed by atoms with Gasteiger partial charge in [-0.05, 0) is 44.2 Å². The minimum atomic E-state index is 0.441. The van der Waals surface area contributed by atoms with E-state index in [1.54, 1.807) is 7.11 Å². The average Bonchev–Trinajstić information content (AvgIpc) is 2.87. The fraction of sp³-hybridized carbons (Fsp3) is 0.625. The molecule has 0 aliphatic heterocycles. The van der Waals surface area contributed by atoms with Gasteiger partial charge in [0.15, 0.2) is 0 Å². The van der Waals surface area contributed by atoms with E-state index in [1.165, 1.54) is 18.4 Å². The average molecular weight is 263 g/mol. The van der Waals surface area contributed by atoms with Crippen LogP contribution >= 0.6 is 0 Å². The molecule has 1 saturated carbocycles. The molecule has 0 heterocycles. The van der Waals surface area contributed by atoms with E-state index in [0.717, 1.165) is 18.6 Å². The molecular weight excluding hydrogens is 238 g/mol.